The molecule has 0 aromatic rings. The lowest BCUT2D eigenvalue weighted by atomic mass is 10.3. The van der Waals surface area contributed by atoms with Gasteiger partial charge in [-0.3, -0.25) is 0 Å². The third-order valence-electron chi connectivity index (χ3n) is 1.81. The van der Waals surface area contributed by atoms with Gasteiger partial charge in [-0.05, 0) is 26.7 Å². The van der Waals surface area contributed by atoms with Crippen molar-refractivity contribution in [2.45, 2.75) is 26.7 Å². The number of aliphatic imine (C=N–C) groups is 1. The van der Waals surface area contributed by atoms with E-state index in [0.29, 0.717) is 0 Å². The molecule has 0 aliphatic heterocycles. The van der Waals surface area contributed by atoms with Crippen LogP contribution in [0.3, 0.4) is 0 Å². The average molecular weight is 180 g/mol. The van der Waals surface area contributed by atoms with Crippen LogP contribution in [-0.2, 0) is 0 Å². The van der Waals surface area contributed by atoms with Crippen molar-refractivity contribution in [3.8, 4) is 0 Å². The van der Waals surface area contributed by atoms with Crippen LogP contribution in [0.2, 0.25) is 0 Å². The van der Waals surface area contributed by atoms with E-state index < -0.39 is 0 Å². The first kappa shape index (κ1) is 11.9. The van der Waals surface area contributed by atoms with Crippen molar-refractivity contribution in [2.75, 3.05) is 13.6 Å². The van der Waals surface area contributed by atoms with E-state index in [1.807, 2.05) is 27.0 Å². The van der Waals surface area contributed by atoms with Crippen LogP contribution in [0.1, 0.15) is 26.7 Å². The van der Waals surface area contributed by atoms with E-state index in [1.165, 1.54) is 0 Å². The molecule has 0 saturated heterocycles. The summed E-state index contributed by atoms with van der Waals surface area (Å²) in [6, 6.07) is 0. The van der Waals surface area contributed by atoms with E-state index in [9.17, 15) is 0 Å². The SMILES string of the molecule is C=CCCCN(C)C(C)=NC(=C)C. The predicted octanol–water partition coefficient (Wildman–Crippen LogP) is 2.84. The molecule has 0 saturated carbocycles. The van der Waals surface area contributed by atoms with Crippen LogP contribution in [0.5, 0.6) is 0 Å². The van der Waals surface area contributed by atoms with Crippen molar-refractivity contribution in [3.63, 3.8) is 0 Å². The van der Waals surface area contributed by atoms with Crippen LogP contribution in [0.4, 0.5) is 0 Å². The standard InChI is InChI=1S/C11H20N2/c1-6-7-8-9-13(5)11(4)12-10(2)3/h6H,1-2,7-9H2,3-5H3. The summed E-state index contributed by atoms with van der Waals surface area (Å²) in [4.78, 5) is 6.42. The van der Waals surface area contributed by atoms with Gasteiger partial charge in [0.1, 0.15) is 5.84 Å². The fourth-order valence-electron chi connectivity index (χ4n) is 0.996. The smallest absolute Gasteiger partial charge is 0.101 e. The molecule has 0 amide bonds. The number of amidine groups is 1. The maximum absolute atomic E-state index is 4.28. The van der Waals surface area contributed by atoms with Crippen LogP contribution in [0, 0.1) is 0 Å². The minimum absolute atomic E-state index is 0.855. The molecule has 0 rings (SSSR count). The van der Waals surface area contributed by atoms with Crippen LogP contribution in [0.25, 0.3) is 0 Å². The molecule has 0 heterocycles. The molecule has 0 aliphatic carbocycles. The van der Waals surface area contributed by atoms with Crippen molar-refractivity contribution < 1.29 is 0 Å². The van der Waals surface area contributed by atoms with E-state index in [-0.39, 0.29) is 0 Å². The largest absolute Gasteiger partial charge is 0.363 e. The summed E-state index contributed by atoms with van der Waals surface area (Å²) in [5, 5.41) is 0. The molecule has 0 radical (unpaired) electrons. The third kappa shape index (κ3) is 6.14. The first-order valence-corrected chi connectivity index (χ1v) is 4.60. The van der Waals surface area contributed by atoms with Gasteiger partial charge in [-0.15, -0.1) is 6.58 Å². The maximum Gasteiger partial charge on any atom is 0.101 e. The maximum atomic E-state index is 4.28. The molecule has 0 N–H and O–H groups in total. The Morgan fingerprint density at radius 1 is 1.46 bits per heavy atom. The molecule has 13 heavy (non-hydrogen) atoms. The van der Waals surface area contributed by atoms with Crippen LogP contribution in [-0.4, -0.2) is 24.3 Å². The minimum Gasteiger partial charge on any atom is -0.363 e. The molecule has 0 aromatic heterocycles. The van der Waals surface area contributed by atoms with Crippen molar-refractivity contribution in [3.05, 3.63) is 24.9 Å². The molecule has 0 aliphatic rings. The fourth-order valence-corrected chi connectivity index (χ4v) is 0.996. The van der Waals surface area contributed by atoms with Gasteiger partial charge < -0.3 is 4.90 Å². The Labute approximate surface area is 81.7 Å². The summed E-state index contributed by atoms with van der Waals surface area (Å²) in [7, 11) is 2.05. The summed E-state index contributed by atoms with van der Waals surface area (Å²) >= 11 is 0. The Kier molecular flexibility index (Phi) is 5.94. The van der Waals surface area contributed by atoms with Crippen molar-refractivity contribution in [2.24, 2.45) is 4.99 Å². The number of hydrogen-bond acceptors (Lipinski definition) is 1. The Hall–Kier alpha value is -1.05. The monoisotopic (exact) mass is 180 g/mol. The normalized spacial score (nSPS) is 11.2. The second kappa shape index (κ2) is 6.46. The number of rotatable bonds is 5. The Morgan fingerprint density at radius 3 is 2.54 bits per heavy atom. The van der Waals surface area contributed by atoms with Gasteiger partial charge in [0.05, 0.1) is 0 Å². The highest BCUT2D eigenvalue weighted by Crippen LogP contribution is 1.98. The Balaban J connectivity index is 3.88. The van der Waals surface area contributed by atoms with Crippen molar-refractivity contribution in [1.82, 2.24) is 4.90 Å². The molecular weight excluding hydrogens is 160 g/mol. The molecular formula is C11H20N2. The zero-order valence-corrected chi connectivity index (χ0v) is 9.01. The summed E-state index contributed by atoms with van der Waals surface area (Å²) in [6.07, 6.45) is 4.13. The summed E-state index contributed by atoms with van der Waals surface area (Å²) in [6.45, 7) is 12.4. The minimum atomic E-state index is 0.855. The highest BCUT2D eigenvalue weighted by molar-refractivity contribution is 5.80. The molecule has 74 valence electrons. The van der Waals surface area contributed by atoms with Gasteiger partial charge in [-0.25, -0.2) is 4.99 Å². The van der Waals surface area contributed by atoms with Crippen molar-refractivity contribution in [1.29, 1.82) is 0 Å². The fraction of sp³-hybridized carbons (Fsp3) is 0.545. The highest BCUT2D eigenvalue weighted by atomic mass is 15.2. The lowest BCUT2D eigenvalue weighted by Gasteiger charge is -2.17. The predicted molar refractivity (Wildman–Crippen MR) is 60.0 cm³/mol. The molecule has 0 fully saturated rings. The lowest BCUT2D eigenvalue weighted by Crippen LogP contribution is -2.25. The zero-order chi connectivity index (χ0) is 10.3. The van der Waals surface area contributed by atoms with Gasteiger partial charge >= 0.3 is 0 Å². The van der Waals surface area contributed by atoms with E-state index in [0.717, 1.165) is 30.9 Å². The van der Waals surface area contributed by atoms with Crippen molar-refractivity contribution >= 4 is 5.84 Å². The first-order valence-electron chi connectivity index (χ1n) is 4.60. The van der Waals surface area contributed by atoms with Crippen LogP contribution >= 0.6 is 0 Å². The van der Waals surface area contributed by atoms with Gasteiger partial charge in [0.2, 0.25) is 0 Å². The number of hydrogen-bond donors (Lipinski definition) is 0. The van der Waals surface area contributed by atoms with E-state index in [2.05, 4.69) is 23.1 Å². The van der Waals surface area contributed by atoms with Gasteiger partial charge in [-0.2, -0.15) is 0 Å². The average Bonchev–Trinajstić information content (AvgIpc) is 2.03. The Bertz CT molecular complexity index is 204. The second-order valence-corrected chi connectivity index (χ2v) is 3.25. The van der Waals surface area contributed by atoms with Crippen LogP contribution in [0.15, 0.2) is 29.9 Å². The number of allylic oxidation sites excluding steroid dienone is 2. The molecule has 0 spiro atoms. The summed E-state index contributed by atoms with van der Waals surface area (Å²) < 4.78 is 0. The molecule has 2 heteroatoms. The van der Waals surface area contributed by atoms with E-state index in [4.69, 9.17) is 0 Å². The van der Waals surface area contributed by atoms with E-state index in [1.54, 1.807) is 0 Å². The topological polar surface area (TPSA) is 15.6 Å². The summed E-state index contributed by atoms with van der Waals surface area (Å²) in [5.74, 6) is 1.02. The number of unbranched alkanes of at least 4 members (excludes halogenated alkanes) is 1. The summed E-state index contributed by atoms with van der Waals surface area (Å²) in [5.41, 5.74) is 0.855. The third-order valence-corrected chi connectivity index (χ3v) is 1.81. The molecule has 0 atom stereocenters. The number of nitrogens with zero attached hydrogens (tertiary/aromatic N) is 2. The lowest BCUT2D eigenvalue weighted by molar-refractivity contribution is 0.487. The van der Waals surface area contributed by atoms with Gasteiger partial charge in [0.25, 0.3) is 0 Å². The zero-order valence-electron chi connectivity index (χ0n) is 9.01. The van der Waals surface area contributed by atoms with Gasteiger partial charge in [0.15, 0.2) is 0 Å². The molecule has 0 bridgehead atoms. The Morgan fingerprint density at radius 2 is 2.08 bits per heavy atom. The first-order chi connectivity index (χ1) is 6.07. The quantitative estimate of drug-likeness (QED) is 0.275. The van der Waals surface area contributed by atoms with Gasteiger partial charge in [0, 0.05) is 19.3 Å². The second-order valence-electron chi connectivity index (χ2n) is 3.25. The molecule has 0 aromatic carbocycles. The van der Waals surface area contributed by atoms with Gasteiger partial charge in [-0.1, -0.05) is 12.7 Å². The van der Waals surface area contributed by atoms with E-state index >= 15 is 0 Å². The van der Waals surface area contributed by atoms with Crippen LogP contribution < -0.4 is 0 Å². The molecule has 2 nitrogen and oxygen atoms in total. The highest BCUT2D eigenvalue weighted by Gasteiger charge is 1.98. The molecule has 0 unspecified atom stereocenters.